The number of halogens is 2. The van der Waals surface area contributed by atoms with Crippen molar-refractivity contribution < 1.29 is 9.59 Å². The molecule has 0 saturated heterocycles. The van der Waals surface area contributed by atoms with Gasteiger partial charge in [0.2, 0.25) is 5.91 Å². The highest BCUT2D eigenvalue weighted by Crippen LogP contribution is 2.25. The van der Waals surface area contributed by atoms with Gasteiger partial charge in [-0.25, -0.2) is 0 Å². The molecule has 0 saturated carbocycles. The third kappa shape index (κ3) is 4.38. The Morgan fingerprint density at radius 3 is 2.54 bits per heavy atom. The fourth-order valence-corrected chi connectivity index (χ4v) is 3.00. The topological polar surface area (TPSA) is 68.3 Å². The van der Waals surface area contributed by atoms with Gasteiger partial charge in [0.15, 0.2) is 5.78 Å². The number of ketones is 1. The zero-order chi connectivity index (χ0) is 17.9. The SMILES string of the molecule is CN(C)C(CCC(N)=O)n1ccc(C(=O)c2ccc(Cl)cc2Cl)c1. The molecule has 128 valence electrons. The Hall–Kier alpha value is -1.82. The fraction of sp³-hybridized carbons (Fsp3) is 0.294. The lowest BCUT2D eigenvalue weighted by Gasteiger charge is -2.25. The molecule has 2 N–H and O–H groups in total. The summed E-state index contributed by atoms with van der Waals surface area (Å²) in [5.74, 6) is -0.527. The molecule has 7 heteroatoms. The molecule has 1 amide bonds. The van der Waals surface area contributed by atoms with Gasteiger partial charge in [0.05, 0.1) is 11.2 Å². The van der Waals surface area contributed by atoms with E-state index in [-0.39, 0.29) is 24.3 Å². The van der Waals surface area contributed by atoms with E-state index < -0.39 is 0 Å². The molecule has 0 aliphatic rings. The van der Waals surface area contributed by atoms with Crippen molar-refractivity contribution >= 4 is 34.9 Å². The lowest BCUT2D eigenvalue weighted by atomic mass is 10.1. The maximum atomic E-state index is 12.6. The Labute approximate surface area is 150 Å². The minimum absolute atomic E-state index is 0.0697. The molecular formula is C17H19Cl2N3O2. The average Bonchev–Trinajstić information content (AvgIpc) is 2.95. The number of hydrogen-bond donors (Lipinski definition) is 1. The summed E-state index contributed by atoms with van der Waals surface area (Å²) in [7, 11) is 3.81. The molecule has 1 aromatic heterocycles. The maximum absolute atomic E-state index is 12.6. The van der Waals surface area contributed by atoms with Crippen LogP contribution < -0.4 is 5.73 Å². The standard InChI is InChI=1S/C17H19Cl2N3O2/c1-21(2)16(6-5-15(20)23)22-8-7-11(10-22)17(24)13-4-3-12(18)9-14(13)19/h3-4,7-10,16H,5-6H2,1-2H3,(H2,20,23). The Morgan fingerprint density at radius 1 is 1.25 bits per heavy atom. The summed E-state index contributed by atoms with van der Waals surface area (Å²) in [4.78, 5) is 25.6. The summed E-state index contributed by atoms with van der Waals surface area (Å²) in [5, 5.41) is 0.798. The number of carbonyl (C=O) groups is 2. The Kier molecular flexibility index (Phi) is 6.04. The van der Waals surface area contributed by atoms with Crippen LogP contribution in [0.2, 0.25) is 10.0 Å². The molecule has 0 aliphatic carbocycles. The number of carbonyl (C=O) groups excluding carboxylic acids is 2. The monoisotopic (exact) mass is 367 g/mol. The zero-order valence-electron chi connectivity index (χ0n) is 13.5. The molecular weight excluding hydrogens is 349 g/mol. The number of rotatable bonds is 7. The van der Waals surface area contributed by atoms with Gasteiger partial charge in [0.1, 0.15) is 0 Å². The highest BCUT2D eigenvalue weighted by Gasteiger charge is 2.18. The first-order valence-corrected chi connectivity index (χ1v) is 8.17. The molecule has 1 aromatic carbocycles. The second-order valence-corrected chi connectivity index (χ2v) is 6.59. The second-order valence-electron chi connectivity index (χ2n) is 5.75. The summed E-state index contributed by atoms with van der Waals surface area (Å²) in [6.07, 6.45) is 4.32. The van der Waals surface area contributed by atoms with Crippen LogP contribution in [-0.2, 0) is 4.79 Å². The first-order chi connectivity index (χ1) is 11.3. The number of nitrogens with two attached hydrogens (primary N) is 1. The van der Waals surface area contributed by atoms with Gasteiger partial charge in [-0.15, -0.1) is 0 Å². The largest absolute Gasteiger partial charge is 0.370 e. The number of aromatic nitrogens is 1. The highest BCUT2D eigenvalue weighted by atomic mass is 35.5. The third-order valence-corrected chi connectivity index (χ3v) is 4.29. The first-order valence-electron chi connectivity index (χ1n) is 7.41. The zero-order valence-corrected chi connectivity index (χ0v) is 15.0. The van der Waals surface area contributed by atoms with E-state index in [1.54, 1.807) is 30.5 Å². The van der Waals surface area contributed by atoms with Gasteiger partial charge in [-0.1, -0.05) is 23.2 Å². The molecule has 2 rings (SSSR count). The van der Waals surface area contributed by atoms with Crippen LogP contribution in [-0.4, -0.2) is 35.3 Å². The normalized spacial score (nSPS) is 12.4. The van der Waals surface area contributed by atoms with Crippen molar-refractivity contribution in [2.75, 3.05) is 14.1 Å². The van der Waals surface area contributed by atoms with Crippen molar-refractivity contribution in [3.63, 3.8) is 0 Å². The molecule has 0 fully saturated rings. The molecule has 1 unspecified atom stereocenters. The summed E-state index contributed by atoms with van der Waals surface area (Å²) in [6.45, 7) is 0. The van der Waals surface area contributed by atoms with Crippen molar-refractivity contribution in [2.24, 2.45) is 5.73 Å². The van der Waals surface area contributed by atoms with Gasteiger partial charge in [-0.3, -0.25) is 14.5 Å². The van der Waals surface area contributed by atoms with E-state index >= 15 is 0 Å². The molecule has 0 spiro atoms. The summed E-state index contributed by atoms with van der Waals surface area (Å²) >= 11 is 12.0. The molecule has 5 nitrogen and oxygen atoms in total. The molecule has 1 heterocycles. The van der Waals surface area contributed by atoms with Crippen molar-refractivity contribution in [1.82, 2.24) is 9.47 Å². The van der Waals surface area contributed by atoms with E-state index in [1.165, 1.54) is 0 Å². The predicted molar refractivity (Wildman–Crippen MR) is 95.5 cm³/mol. The third-order valence-electron chi connectivity index (χ3n) is 3.74. The molecule has 0 bridgehead atoms. The minimum atomic E-state index is -0.349. The Morgan fingerprint density at radius 2 is 1.96 bits per heavy atom. The first kappa shape index (κ1) is 18.5. The van der Waals surface area contributed by atoms with Crippen molar-refractivity contribution in [2.45, 2.75) is 19.0 Å². The van der Waals surface area contributed by atoms with E-state index in [2.05, 4.69) is 0 Å². The molecule has 0 radical (unpaired) electrons. The molecule has 24 heavy (non-hydrogen) atoms. The van der Waals surface area contributed by atoms with Crippen LogP contribution in [0.3, 0.4) is 0 Å². The predicted octanol–water partition coefficient (Wildman–Crippen LogP) is 3.35. The second kappa shape index (κ2) is 7.83. The minimum Gasteiger partial charge on any atom is -0.370 e. The lowest BCUT2D eigenvalue weighted by molar-refractivity contribution is -0.118. The smallest absolute Gasteiger partial charge is 0.217 e. The van der Waals surface area contributed by atoms with Gasteiger partial charge in [0, 0.05) is 35.0 Å². The van der Waals surface area contributed by atoms with Crippen LogP contribution in [0.15, 0.2) is 36.7 Å². The van der Waals surface area contributed by atoms with E-state index in [0.717, 1.165) is 0 Å². The number of amides is 1. The van der Waals surface area contributed by atoms with E-state index in [4.69, 9.17) is 28.9 Å². The van der Waals surface area contributed by atoms with Crippen molar-refractivity contribution in [3.8, 4) is 0 Å². The van der Waals surface area contributed by atoms with Crippen molar-refractivity contribution in [3.05, 3.63) is 57.8 Å². The highest BCUT2D eigenvalue weighted by molar-refractivity contribution is 6.37. The van der Waals surface area contributed by atoms with Crippen molar-refractivity contribution in [1.29, 1.82) is 0 Å². The number of nitrogens with zero attached hydrogens (tertiary/aromatic N) is 2. The summed E-state index contributed by atoms with van der Waals surface area (Å²) < 4.78 is 1.89. The number of hydrogen-bond acceptors (Lipinski definition) is 3. The lowest BCUT2D eigenvalue weighted by Crippen LogP contribution is -2.26. The van der Waals surface area contributed by atoms with Gasteiger partial charge in [-0.2, -0.15) is 0 Å². The Bertz CT molecular complexity index is 756. The van der Waals surface area contributed by atoms with Crippen LogP contribution in [0.1, 0.15) is 34.9 Å². The number of benzene rings is 1. The average molecular weight is 368 g/mol. The van der Waals surface area contributed by atoms with Crippen LogP contribution in [0.25, 0.3) is 0 Å². The molecule has 0 aliphatic heterocycles. The summed E-state index contributed by atoms with van der Waals surface area (Å²) in [5.41, 5.74) is 6.15. The van der Waals surface area contributed by atoms with Crippen LogP contribution in [0.4, 0.5) is 0 Å². The van der Waals surface area contributed by atoms with E-state index in [0.29, 0.717) is 27.6 Å². The van der Waals surface area contributed by atoms with Gasteiger partial charge in [0.25, 0.3) is 0 Å². The van der Waals surface area contributed by atoms with Crippen LogP contribution >= 0.6 is 23.2 Å². The molecule has 2 aromatic rings. The molecule has 1 atom stereocenters. The van der Waals surface area contributed by atoms with Gasteiger partial charge in [-0.05, 0) is 44.8 Å². The van der Waals surface area contributed by atoms with E-state index in [9.17, 15) is 9.59 Å². The van der Waals surface area contributed by atoms with Crippen LogP contribution in [0.5, 0.6) is 0 Å². The Balaban J connectivity index is 2.24. The van der Waals surface area contributed by atoms with Crippen LogP contribution in [0, 0.1) is 0 Å². The quantitative estimate of drug-likeness (QED) is 0.762. The van der Waals surface area contributed by atoms with Gasteiger partial charge >= 0.3 is 0 Å². The fourth-order valence-electron chi connectivity index (χ4n) is 2.51. The van der Waals surface area contributed by atoms with E-state index in [1.807, 2.05) is 29.8 Å². The number of primary amides is 1. The maximum Gasteiger partial charge on any atom is 0.217 e. The van der Waals surface area contributed by atoms with Gasteiger partial charge < -0.3 is 10.3 Å². The summed E-state index contributed by atoms with van der Waals surface area (Å²) in [6, 6.07) is 6.52.